The van der Waals surface area contributed by atoms with Gasteiger partial charge in [0.1, 0.15) is 5.82 Å². The largest absolute Gasteiger partial charge is 0.351 e. The van der Waals surface area contributed by atoms with E-state index >= 15 is 0 Å². The van der Waals surface area contributed by atoms with Crippen molar-refractivity contribution in [3.05, 3.63) is 60.4 Å². The third-order valence-electron chi connectivity index (χ3n) is 3.30. The van der Waals surface area contributed by atoms with Crippen molar-refractivity contribution >= 4 is 11.8 Å². The SMILES string of the molecule is Cc1c(-c2cccnc2)nn(-c2ccccc2)c1NC(N)=O. The van der Waals surface area contributed by atoms with E-state index in [9.17, 15) is 4.79 Å². The number of rotatable bonds is 3. The Morgan fingerprint density at radius 1 is 1.18 bits per heavy atom. The van der Waals surface area contributed by atoms with Crippen LogP contribution >= 0.6 is 0 Å². The fourth-order valence-electron chi connectivity index (χ4n) is 2.29. The zero-order valence-corrected chi connectivity index (χ0v) is 12.0. The Kier molecular flexibility index (Phi) is 3.57. The number of amides is 2. The monoisotopic (exact) mass is 293 g/mol. The standard InChI is InChI=1S/C16H15N5O/c1-11-14(12-6-5-9-18-10-12)20-21(15(11)19-16(17)22)13-7-3-2-4-8-13/h2-10H,1H3,(H3,17,19,22). The minimum atomic E-state index is -0.627. The summed E-state index contributed by atoms with van der Waals surface area (Å²) in [7, 11) is 0. The molecule has 0 saturated heterocycles. The summed E-state index contributed by atoms with van der Waals surface area (Å²) in [6, 6.07) is 12.7. The van der Waals surface area contributed by atoms with Gasteiger partial charge in [0.25, 0.3) is 0 Å². The van der Waals surface area contributed by atoms with E-state index in [1.165, 1.54) is 0 Å². The predicted molar refractivity (Wildman–Crippen MR) is 84.7 cm³/mol. The average molecular weight is 293 g/mol. The number of urea groups is 1. The van der Waals surface area contributed by atoms with Crippen LogP contribution < -0.4 is 11.1 Å². The summed E-state index contributed by atoms with van der Waals surface area (Å²) in [5.41, 5.74) is 8.58. The van der Waals surface area contributed by atoms with Crippen LogP contribution in [0.4, 0.5) is 10.6 Å². The van der Waals surface area contributed by atoms with Gasteiger partial charge in [-0.1, -0.05) is 18.2 Å². The quantitative estimate of drug-likeness (QED) is 0.778. The van der Waals surface area contributed by atoms with Gasteiger partial charge in [-0.3, -0.25) is 10.3 Å². The molecule has 3 aromatic rings. The van der Waals surface area contributed by atoms with Gasteiger partial charge < -0.3 is 5.73 Å². The predicted octanol–water partition coefficient (Wildman–Crippen LogP) is 2.73. The van der Waals surface area contributed by atoms with E-state index in [4.69, 9.17) is 5.73 Å². The van der Waals surface area contributed by atoms with Gasteiger partial charge in [0.15, 0.2) is 0 Å². The number of benzene rings is 1. The van der Waals surface area contributed by atoms with Gasteiger partial charge >= 0.3 is 6.03 Å². The summed E-state index contributed by atoms with van der Waals surface area (Å²) in [5, 5.41) is 7.26. The highest BCUT2D eigenvalue weighted by molar-refractivity contribution is 5.89. The van der Waals surface area contributed by atoms with Gasteiger partial charge in [-0.25, -0.2) is 9.48 Å². The minimum Gasteiger partial charge on any atom is -0.351 e. The molecule has 6 nitrogen and oxygen atoms in total. The molecule has 0 saturated carbocycles. The Bertz CT molecular complexity index is 796. The molecule has 2 heterocycles. The van der Waals surface area contributed by atoms with Crippen LogP contribution in [-0.2, 0) is 0 Å². The smallest absolute Gasteiger partial charge is 0.317 e. The zero-order valence-electron chi connectivity index (χ0n) is 12.0. The lowest BCUT2D eigenvalue weighted by molar-refractivity contribution is 0.259. The third kappa shape index (κ3) is 2.54. The van der Waals surface area contributed by atoms with Crippen LogP contribution in [0.2, 0.25) is 0 Å². The molecule has 0 radical (unpaired) electrons. The summed E-state index contributed by atoms with van der Waals surface area (Å²) in [6.45, 7) is 1.89. The molecular formula is C16H15N5O. The van der Waals surface area contributed by atoms with Crippen molar-refractivity contribution in [2.24, 2.45) is 5.73 Å². The van der Waals surface area contributed by atoms with E-state index in [1.807, 2.05) is 49.4 Å². The molecule has 0 aliphatic heterocycles. The molecule has 110 valence electrons. The highest BCUT2D eigenvalue weighted by Crippen LogP contribution is 2.29. The number of aromatic nitrogens is 3. The van der Waals surface area contributed by atoms with Crippen LogP contribution in [0.1, 0.15) is 5.56 Å². The molecule has 2 amide bonds. The van der Waals surface area contributed by atoms with Gasteiger partial charge in [-0.05, 0) is 31.2 Å². The number of pyridine rings is 1. The van der Waals surface area contributed by atoms with Crippen molar-refractivity contribution in [1.82, 2.24) is 14.8 Å². The summed E-state index contributed by atoms with van der Waals surface area (Å²) < 4.78 is 1.67. The van der Waals surface area contributed by atoms with Gasteiger partial charge in [0.2, 0.25) is 0 Å². The molecule has 0 unspecified atom stereocenters. The van der Waals surface area contributed by atoms with Gasteiger partial charge in [0, 0.05) is 23.5 Å². The van der Waals surface area contributed by atoms with Crippen molar-refractivity contribution in [1.29, 1.82) is 0 Å². The highest BCUT2D eigenvalue weighted by Gasteiger charge is 2.18. The van der Waals surface area contributed by atoms with Crippen molar-refractivity contribution in [2.75, 3.05) is 5.32 Å². The van der Waals surface area contributed by atoms with Crippen molar-refractivity contribution in [3.63, 3.8) is 0 Å². The maximum absolute atomic E-state index is 11.3. The molecule has 0 fully saturated rings. The number of nitrogens with zero attached hydrogens (tertiary/aromatic N) is 3. The lowest BCUT2D eigenvalue weighted by Crippen LogP contribution is -2.21. The topological polar surface area (TPSA) is 85.8 Å². The number of nitrogens with two attached hydrogens (primary N) is 1. The van der Waals surface area contributed by atoms with Crippen LogP contribution in [0, 0.1) is 6.92 Å². The number of hydrogen-bond donors (Lipinski definition) is 2. The number of para-hydroxylation sites is 1. The van der Waals surface area contributed by atoms with Gasteiger partial charge in [-0.2, -0.15) is 5.10 Å². The second-order valence-electron chi connectivity index (χ2n) is 4.80. The van der Waals surface area contributed by atoms with Crippen LogP contribution in [0.5, 0.6) is 0 Å². The summed E-state index contributed by atoms with van der Waals surface area (Å²) in [4.78, 5) is 15.4. The Labute approximate surface area is 127 Å². The molecule has 3 rings (SSSR count). The van der Waals surface area contributed by atoms with Crippen molar-refractivity contribution in [2.45, 2.75) is 6.92 Å². The minimum absolute atomic E-state index is 0.553. The van der Waals surface area contributed by atoms with E-state index in [2.05, 4.69) is 15.4 Å². The molecule has 0 bridgehead atoms. The molecule has 0 spiro atoms. The first-order valence-electron chi connectivity index (χ1n) is 6.78. The molecule has 0 aliphatic carbocycles. The summed E-state index contributed by atoms with van der Waals surface area (Å²) >= 11 is 0. The average Bonchev–Trinajstić information content (AvgIpc) is 2.86. The summed E-state index contributed by atoms with van der Waals surface area (Å²) in [5.74, 6) is 0.553. The number of hydrogen-bond acceptors (Lipinski definition) is 3. The first kappa shape index (κ1) is 13.8. The molecule has 1 aromatic carbocycles. The van der Waals surface area contributed by atoms with E-state index in [0.29, 0.717) is 5.82 Å². The Morgan fingerprint density at radius 2 is 1.95 bits per heavy atom. The normalized spacial score (nSPS) is 10.4. The fraction of sp³-hybridized carbons (Fsp3) is 0.0625. The Morgan fingerprint density at radius 3 is 2.59 bits per heavy atom. The Hall–Kier alpha value is -3.15. The second-order valence-corrected chi connectivity index (χ2v) is 4.80. The maximum Gasteiger partial charge on any atom is 0.317 e. The number of anilines is 1. The summed E-state index contributed by atoms with van der Waals surface area (Å²) in [6.07, 6.45) is 3.44. The van der Waals surface area contributed by atoms with Crippen molar-refractivity contribution in [3.8, 4) is 16.9 Å². The van der Waals surface area contributed by atoms with E-state index in [0.717, 1.165) is 22.5 Å². The van der Waals surface area contributed by atoms with Crippen LogP contribution in [-0.4, -0.2) is 20.8 Å². The molecule has 6 heteroatoms. The molecule has 3 N–H and O–H groups in total. The van der Waals surface area contributed by atoms with Crippen LogP contribution in [0.3, 0.4) is 0 Å². The third-order valence-corrected chi connectivity index (χ3v) is 3.30. The first-order chi connectivity index (χ1) is 10.7. The number of carbonyl (C=O) groups is 1. The molecule has 2 aromatic heterocycles. The van der Waals surface area contributed by atoms with Crippen LogP contribution in [0.25, 0.3) is 16.9 Å². The zero-order chi connectivity index (χ0) is 15.5. The number of carbonyl (C=O) groups excluding carboxylic acids is 1. The highest BCUT2D eigenvalue weighted by atomic mass is 16.2. The van der Waals surface area contributed by atoms with Crippen molar-refractivity contribution < 1.29 is 4.79 Å². The molecule has 0 aliphatic rings. The van der Waals surface area contributed by atoms with Gasteiger partial charge in [0.05, 0.1) is 11.4 Å². The van der Waals surface area contributed by atoms with Crippen LogP contribution in [0.15, 0.2) is 54.9 Å². The molecular weight excluding hydrogens is 278 g/mol. The Balaban J connectivity index is 2.19. The lowest BCUT2D eigenvalue weighted by Gasteiger charge is -2.07. The fourth-order valence-corrected chi connectivity index (χ4v) is 2.29. The second kappa shape index (κ2) is 5.69. The first-order valence-corrected chi connectivity index (χ1v) is 6.78. The van der Waals surface area contributed by atoms with E-state index in [-0.39, 0.29) is 0 Å². The number of nitrogens with one attached hydrogen (secondary N) is 1. The molecule has 22 heavy (non-hydrogen) atoms. The van der Waals surface area contributed by atoms with Gasteiger partial charge in [-0.15, -0.1) is 0 Å². The van der Waals surface area contributed by atoms with E-state index < -0.39 is 6.03 Å². The number of primary amides is 1. The van der Waals surface area contributed by atoms with E-state index in [1.54, 1.807) is 17.1 Å². The maximum atomic E-state index is 11.3. The lowest BCUT2D eigenvalue weighted by atomic mass is 10.1. The molecule has 0 atom stereocenters.